The average Bonchev–Trinajstić information content (AvgIpc) is 2.04. The summed E-state index contributed by atoms with van der Waals surface area (Å²) >= 11 is 0. The molecule has 0 amide bonds. The van der Waals surface area contributed by atoms with Crippen molar-refractivity contribution in [1.82, 2.24) is 0 Å². The van der Waals surface area contributed by atoms with Gasteiger partial charge in [0.15, 0.2) is 0 Å². The van der Waals surface area contributed by atoms with Crippen LogP contribution in [0.5, 0.6) is 0 Å². The molecular weight excluding hydrogens is 160 g/mol. The highest BCUT2D eigenvalue weighted by Crippen LogP contribution is 2.42. The lowest BCUT2D eigenvalue weighted by atomic mass is 9.66. The lowest BCUT2D eigenvalue weighted by Gasteiger charge is -2.45. The van der Waals surface area contributed by atoms with Crippen LogP contribution in [-0.2, 0) is 0 Å². The minimum absolute atomic E-state index is 0.0463. The van der Waals surface area contributed by atoms with Crippen LogP contribution in [0.15, 0.2) is 12.7 Å². The predicted octanol–water partition coefficient (Wildman–Crippen LogP) is 3.39. The van der Waals surface area contributed by atoms with E-state index in [0.717, 1.165) is 6.42 Å². The molecule has 0 fully saturated rings. The van der Waals surface area contributed by atoms with E-state index < -0.39 is 5.60 Å². The highest BCUT2D eigenvalue weighted by molar-refractivity contribution is 4.98. The lowest BCUT2D eigenvalue weighted by molar-refractivity contribution is -0.102. The van der Waals surface area contributed by atoms with Gasteiger partial charge in [-0.15, -0.1) is 6.58 Å². The van der Waals surface area contributed by atoms with Crippen LogP contribution < -0.4 is 0 Å². The molecule has 1 nitrogen and oxygen atoms in total. The van der Waals surface area contributed by atoms with Gasteiger partial charge in [0, 0.05) is 0 Å². The van der Waals surface area contributed by atoms with Gasteiger partial charge in [-0.25, -0.2) is 0 Å². The van der Waals surface area contributed by atoms with E-state index >= 15 is 0 Å². The molecule has 0 saturated carbocycles. The maximum Gasteiger partial charge on any atom is 0.0755 e. The molecule has 0 spiro atoms. The molecule has 0 radical (unpaired) electrons. The number of hydrogen-bond donors (Lipinski definition) is 1. The third-order valence-corrected chi connectivity index (χ3v) is 3.47. The van der Waals surface area contributed by atoms with Crippen LogP contribution in [0, 0.1) is 11.3 Å². The van der Waals surface area contributed by atoms with Gasteiger partial charge in [0.1, 0.15) is 0 Å². The maximum atomic E-state index is 10.5. The fourth-order valence-electron chi connectivity index (χ4n) is 1.82. The molecule has 0 saturated heterocycles. The SMILES string of the molecule is C=CC[C@@](O)(C(C)C)C(C)(C)CC. The highest BCUT2D eigenvalue weighted by atomic mass is 16.3. The molecule has 1 N–H and O–H groups in total. The second kappa shape index (κ2) is 4.28. The van der Waals surface area contributed by atoms with Crippen molar-refractivity contribution in [3.8, 4) is 0 Å². The van der Waals surface area contributed by atoms with E-state index in [1.807, 2.05) is 6.08 Å². The quantitative estimate of drug-likeness (QED) is 0.649. The Morgan fingerprint density at radius 2 is 1.85 bits per heavy atom. The summed E-state index contributed by atoms with van der Waals surface area (Å²) in [6.45, 7) is 14.2. The molecule has 0 aliphatic carbocycles. The molecule has 78 valence electrons. The number of hydrogen-bond acceptors (Lipinski definition) is 1. The standard InChI is InChI=1S/C12H24O/c1-7-9-12(13,10(3)4)11(5,6)8-2/h7,10,13H,1,8-9H2,2-6H3/t12-/m1/s1. The van der Waals surface area contributed by atoms with Crippen molar-refractivity contribution in [1.29, 1.82) is 0 Å². The Bertz CT molecular complexity index is 170. The minimum Gasteiger partial charge on any atom is -0.389 e. The van der Waals surface area contributed by atoms with E-state index in [4.69, 9.17) is 0 Å². The van der Waals surface area contributed by atoms with Gasteiger partial charge in [0.2, 0.25) is 0 Å². The first-order chi connectivity index (χ1) is 5.81. The average molecular weight is 184 g/mol. The molecule has 0 rings (SSSR count). The van der Waals surface area contributed by atoms with E-state index in [0.29, 0.717) is 6.42 Å². The summed E-state index contributed by atoms with van der Waals surface area (Å²) in [5, 5.41) is 10.5. The highest BCUT2D eigenvalue weighted by Gasteiger charge is 2.43. The summed E-state index contributed by atoms with van der Waals surface area (Å²) in [4.78, 5) is 0. The Morgan fingerprint density at radius 3 is 2.08 bits per heavy atom. The summed E-state index contributed by atoms with van der Waals surface area (Å²) in [6, 6.07) is 0. The van der Waals surface area contributed by atoms with Gasteiger partial charge in [-0.3, -0.25) is 0 Å². The topological polar surface area (TPSA) is 20.2 Å². The van der Waals surface area contributed by atoms with E-state index in [1.54, 1.807) is 0 Å². The number of aliphatic hydroxyl groups is 1. The maximum absolute atomic E-state index is 10.5. The zero-order valence-corrected chi connectivity index (χ0v) is 9.72. The van der Waals surface area contributed by atoms with E-state index in [2.05, 4.69) is 41.2 Å². The summed E-state index contributed by atoms with van der Waals surface area (Å²) in [5.74, 6) is 0.264. The van der Waals surface area contributed by atoms with E-state index in [1.165, 1.54) is 0 Å². The van der Waals surface area contributed by atoms with Crippen molar-refractivity contribution >= 4 is 0 Å². The lowest BCUT2D eigenvalue weighted by Crippen LogP contribution is -2.48. The van der Waals surface area contributed by atoms with Crippen molar-refractivity contribution in [3.63, 3.8) is 0 Å². The molecule has 1 atom stereocenters. The van der Waals surface area contributed by atoms with Crippen molar-refractivity contribution in [2.24, 2.45) is 11.3 Å². The fourth-order valence-corrected chi connectivity index (χ4v) is 1.82. The first kappa shape index (κ1) is 12.7. The molecule has 0 aromatic carbocycles. The van der Waals surface area contributed by atoms with Gasteiger partial charge in [0.25, 0.3) is 0 Å². The smallest absolute Gasteiger partial charge is 0.0755 e. The zero-order chi connectivity index (χ0) is 10.7. The Labute approximate surface area is 82.9 Å². The molecule has 0 heterocycles. The van der Waals surface area contributed by atoms with Crippen LogP contribution >= 0.6 is 0 Å². The van der Waals surface area contributed by atoms with Gasteiger partial charge in [0.05, 0.1) is 5.60 Å². The minimum atomic E-state index is -0.622. The molecule has 1 heteroatoms. The fraction of sp³-hybridized carbons (Fsp3) is 0.833. The third-order valence-electron chi connectivity index (χ3n) is 3.47. The van der Waals surface area contributed by atoms with Crippen molar-refractivity contribution in [2.45, 2.75) is 53.1 Å². The Morgan fingerprint density at radius 1 is 1.38 bits per heavy atom. The molecule has 0 aromatic rings. The monoisotopic (exact) mass is 184 g/mol. The van der Waals surface area contributed by atoms with Crippen LogP contribution in [-0.4, -0.2) is 10.7 Å². The Kier molecular flexibility index (Phi) is 4.18. The van der Waals surface area contributed by atoms with Crippen LogP contribution in [0.4, 0.5) is 0 Å². The number of rotatable bonds is 5. The Balaban J connectivity index is 4.87. The van der Waals surface area contributed by atoms with Gasteiger partial charge < -0.3 is 5.11 Å². The van der Waals surface area contributed by atoms with Gasteiger partial charge in [-0.05, 0) is 24.2 Å². The Hall–Kier alpha value is -0.300. The second-order valence-corrected chi connectivity index (χ2v) is 4.81. The van der Waals surface area contributed by atoms with Gasteiger partial charge in [-0.1, -0.05) is 40.7 Å². The first-order valence-electron chi connectivity index (χ1n) is 5.15. The summed E-state index contributed by atoms with van der Waals surface area (Å²) in [7, 11) is 0. The first-order valence-corrected chi connectivity index (χ1v) is 5.15. The van der Waals surface area contributed by atoms with Crippen LogP contribution in [0.2, 0.25) is 0 Å². The predicted molar refractivity (Wildman–Crippen MR) is 58.7 cm³/mol. The zero-order valence-electron chi connectivity index (χ0n) is 9.72. The molecule has 0 bridgehead atoms. The summed E-state index contributed by atoms with van der Waals surface area (Å²) in [5.41, 5.74) is -0.668. The van der Waals surface area contributed by atoms with Crippen molar-refractivity contribution < 1.29 is 5.11 Å². The largest absolute Gasteiger partial charge is 0.389 e. The molecule has 0 unspecified atom stereocenters. The third kappa shape index (κ3) is 2.34. The second-order valence-electron chi connectivity index (χ2n) is 4.81. The van der Waals surface area contributed by atoms with Gasteiger partial charge in [-0.2, -0.15) is 0 Å². The van der Waals surface area contributed by atoms with E-state index in [-0.39, 0.29) is 11.3 Å². The molecule has 0 aliphatic heterocycles. The van der Waals surface area contributed by atoms with Crippen molar-refractivity contribution in [3.05, 3.63) is 12.7 Å². The normalized spacial score (nSPS) is 17.2. The van der Waals surface area contributed by atoms with Crippen LogP contribution in [0.3, 0.4) is 0 Å². The summed E-state index contributed by atoms with van der Waals surface area (Å²) < 4.78 is 0. The van der Waals surface area contributed by atoms with E-state index in [9.17, 15) is 5.11 Å². The van der Waals surface area contributed by atoms with Crippen molar-refractivity contribution in [2.75, 3.05) is 0 Å². The summed E-state index contributed by atoms with van der Waals surface area (Å²) in [6.07, 6.45) is 3.47. The van der Waals surface area contributed by atoms with Crippen LogP contribution in [0.25, 0.3) is 0 Å². The molecule has 13 heavy (non-hydrogen) atoms. The van der Waals surface area contributed by atoms with Gasteiger partial charge >= 0.3 is 0 Å². The van der Waals surface area contributed by atoms with Crippen LogP contribution in [0.1, 0.15) is 47.5 Å². The molecular formula is C12H24O. The molecule has 0 aliphatic rings. The molecule has 0 aromatic heterocycles.